The van der Waals surface area contributed by atoms with Crippen LogP contribution in [-0.4, -0.2) is 17.2 Å². The highest BCUT2D eigenvalue weighted by atomic mass is 32.1. The van der Waals surface area contributed by atoms with Gasteiger partial charge in [-0.05, 0) is 36.5 Å². The monoisotopic (exact) mass is 366 g/mol. The molecule has 0 spiro atoms. The summed E-state index contributed by atoms with van der Waals surface area (Å²) in [7, 11) is 1.60. The third-order valence-corrected chi connectivity index (χ3v) is 4.64. The zero-order valence-corrected chi connectivity index (χ0v) is 14.9. The van der Waals surface area contributed by atoms with Gasteiger partial charge in [-0.2, -0.15) is 5.26 Å². The number of thiazole rings is 1. The molecule has 5 nitrogen and oxygen atoms in total. The number of para-hydroxylation sites is 3. The number of nitrogens with zero attached hydrogens (tertiary/aromatic N) is 2. The number of hydrogen-bond donors (Lipinski definition) is 2. The van der Waals surface area contributed by atoms with Crippen LogP contribution in [0.3, 0.4) is 0 Å². The van der Waals surface area contributed by atoms with Gasteiger partial charge in [-0.15, -0.1) is 11.3 Å². The van der Waals surface area contributed by atoms with E-state index < -0.39 is 0 Å². The van der Waals surface area contributed by atoms with Crippen LogP contribution < -0.4 is 15.4 Å². The van der Waals surface area contributed by atoms with Crippen molar-refractivity contribution in [3.63, 3.8) is 0 Å². The molecule has 3 aromatic rings. The maximum absolute atomic E-state index is 9.41. The van der Waals surface area contributed by atoms with E-state index in [0.717, 1.165) is 15.9 Å². The van der Waals surface area contributed by atoms with Crippen LogP contribution in [0.5, 0.6) is 5.75 Å². The molecule has 0 unspecified atom stereocenters. The second-order valence-electron chi connectivity index (χ2n) is 4.96. The molecule has 0 aliphatic carbocycles. The number of hydrogen-bond acceptors (Lipinski definition) is 5. The van der Waals surface area contributed by atoms with E-state index in [1.807, 2.05) is 48.5 Å². The second-order valence-corrected chi connectivity index (χ2v) is 6.39. The molecule has 1 heterocycles. The van der Waals surface area contributed by atoms with E-state index in [4.69, 9.17) is 17.0 Å². The molecule has 25 heavy (non-hydrogen) atoms. The number of benzene rings is 2. The minimum atomic E-state index is 0.360. The van der Waals surface area contributed by atoms with Crippen LogP contribution in [-0.2, 0) is 0 Å². The van der Waals surface area contributed by atoms with Crippen molar-refractivity contribution < 1.29 is 4.74 Å². The standard InChI is InChI=1S/C18H14N4OS2/c1-23-15-8-4-2-6-13(15)22-18(24)20-11-12(10-19)17-21-14-7-3-5-9-16(14)25-17/h2-9,11H,1H3,(H2,20,22,24)/b12-11-. The molecule has 124 valence electrons. The minimum absolute atomic E-state index is 0.360. The first-order valence-corrected chi connectivity index (χ1v) is 8.60. The largest absolute Gasteiger partial charge is 0.495 e. The number of nitrogens with one attached hydrogen (secondary N) is 2. The number of fused-ring (bicyclic) bond motifs is 1. The summed E-state index contributed by atoms with van der Waals surface area (Å²) < 4.78 is 6.31. The summed E-state index contributed by atoms with van der Waals surface area (Å²) in [5.74, 6) is 0.683. The highest BCUT2D eigenvalue weighted by Crippen LogP contribution is 2.26. The average Bonchev–Trinajstić information content (AvgIpc) is 3.06. The molecule has 1 aromatic heterocycles. The Morgan fingerprint density at radius 1 is 1.24 bits per heavy atom. The smallest absolute Gasteiger partial charge is 0.174 e. The first-order valence-electron chi connectivity index (χ1n) is 7.38. The fraction of sp³-hybridized carbons (Fsp3) is 0.0556. The van der Waals surface area contributed by atoms with Crippen molar-refractivity contribution in [3.8, 4) is 11.8 Å². The molecule has 2 aromatic carbocycles. The number of nitriles is 1. The van der Waals surface area contributed by atoms with Crippen LogP contribution in [0.25, 0.3) is 15.8 Å². The maximum Gasteiger partial charge on any atom is 0.174 e. The van der Waals surface area contributed by atoms with E-state index in [9.17, 15) is 5.26 Å². The Labute approximate surface area is 154 Å². The molecule has 0 amide bonds. The molecule has 0 atom stereocenters. The molecule has 7 heteroatoms. The number of allylic oxidation sites excluding steroid dienone is 1. The number of methoxy groups -OCH3 is 1. The third-order valence-electron chi connectivity index (χ3n) is 3.35. The van der Waals surface area contributed by atoms with Crippen molar-refractivity contribution >= 4 is 50.1 Å². The topological polar surface area (TPSA) is 70.0 Å². The Morgan fingerprint density at radius 2 is 2.00 bits per heavy atom. The molecule has 0 bridgehead atoms. The predicted octanol–water partition coefficient (Wildman–Crippen LogP) is 4.16. The van der Waals surface area contributed by atoms with Gasteiger partial charge in [0.1, 0.15) is 22.4 Å². The van der Waals surface area contributed by atoms with Crippen molar-refractivity contribution in [2.24, 2.45) is 0 Å². The molecule has 2 N–H and O–H groups in total. The lowest BCUT2D eigenvalue weighted by molar-refractivity contribution is 0.417. The summed E-state index contributed by atoms with van der Waals surface area (Å²) in [6.45, 7) is 0. The summed E-state index contributed by atoms with van der Waals surface area (Å²) in [5.41, 5.74) is 2.04. The summed E-state index contributed by atoms with van der Waals surface area (Å²) >= 11 is 6.74. The van der Waals surface area contributed by atoms with Crippen LogP contribution in [0.15, 0.2) is 54.7 Å². The van der Waals surface area contributed by atoms with Gasteiger partial charge in [-0.1, -0.05) is 24.3 Å². The molecular weight excluding hydrogens is 352 g/mol. The van der Waals surface area contributed by atoms with Crippen molar-refractivity contribution in [2.45, 2.75) is 0 Å². The molecule has 0 aliphatic heterocycles. The zero-order valence-electron chi connectivity index (χ0n) is 13.3. The van der Waals surface area contributed by atoms with E-state index in [-0.39, 0.29) is 0 Å². The highest BCUT2D eigenvalue weighted by molar-refractivity contribution is 7.80. The van der Waals surface area contributed by atoms with Crippen molar-refractivity contribution in [3.05, 3.63) is 59.7 Å². The Bertz CT molecular complexity index is 955. The number of ether oxygens (including phenoxy) is 1. The SMILES string of the molecule is COc1ccccc1NC(=S)N/C=C(/C#N)c1nc2ccccc2s1. The first kappa shape index (κ1) is 16.9. The number of anilines is 1. The van der Waals surface area contributed by atoms with Crippen LogP contribution in [0.1, 0.15) is 5.01 Å². The fourth-order valence-corrected chi connectivity index (χ4v) is 3.27. The highest BCUT2D eigenvalue weighted by Gasteiger charge is 2.09. The lowest BCUT2D eigenvalue weighted by Gasteiger charge is -2.11. The Morgan fingerprint density at radius 3 is 2.76 bits per heavy atom. The van der Waals surface area contributed by atoms with Gasteiger partial charge in [-0.3, -0.25) is 0 Å². The van der Waals surface area contributed by atoms with E-state index in [2.05, 4.69) is 21.7 Å². The minimum Gasteiger partial charge on any atom is -0.495 e. The lowest BCUT2D eigenvalue weighted by atomic mass is 10.3. The zero-order chi connectivity index (χ0) is 17.6. The average molecular weight is 366 g/mol. The summed E-state index contributed by atoms with van der Waals surface area (Å²) in [4.78, 5) is 4.48. The van der Waals surface area contributed by atoms with Gasteiger partial charge in [0.2, 0.25) is 0 Å². The number of rotatable bonds is 4. The van der Waals surface area contributed by atoms with Gasteiger partial charge in [-0.25, -0.2) is 4.98 Å². The summed E-state index contributed by atoms with van der Waals surface area (Å²) in [5, 5.41) is 16.4. The quantitative estimate of drug-likeness (QED) is 0.534. The van der Waals surface area contributed by atoms with Crippen molar-refractivity contribution in [2.75, 3.05) is 12.4 Å². The van der Waals surface area contributed by atoms with E-state index in [0.29, 0.717) is 21.4 Å². The summed E-state index contributed by atoms with van der Waals surface area (Å²) in [6.07, 6.45) is 1.56. The van der Waals surface area contributed by atoms with Crippen molar-refractivity contribution in [1.29, 1.82) is 5.26 Å². The van der Waals surface area contributed by atoms with Crippen LogP contribution in [0, 0.1) is 11.3 Å². The van der Waals surface area contributed by atoms with Gasteiger partial charge in [0.25, 0.3) is 0 Å². The van der Waals surface area contributed by atoms with E-state index in [1.165, 1.54) is 11.3 Å². The van der Waals surface area contributed by atoms with Crippen LogP contribution in [0.4, 0.5) is 5.69 Å². The fourth-order valence-electron chi connectivity index (χ4n) is 2.17. The molecule has 0 saturated heterocycles. The molecule has 0 fully saturated rings. The molecule has 0 radical (unpaired) electrons. The molecular formula is C18H14N4OS2. The van der Waals surface area contributed by atoms with Gasteiger partial charge in [0.05, 0.1) is 23.0 Å². The molecule has 0 aliphatic rings. The van der Waals surface area contributed by atoms with Crippen LogP contribution >= 0.6 is 23.6 Å². The lowest BCUT2D eigenvalue weighted by Crippen LogP contribution is -2.24. The number of aromatic nitrogens is 1. The van der Waals surface area contributed by atoms with E-state index in [1.54, 1.807) is 13.3 Å². The third kappa shape index (κ3) is 3.94. The Hall–Kier alpha value is -2.95. The van der Waals surface area contributed by atoms with Crippen molar-refractivity contribution in [1.82, 2.24) is 10.3 Å². The van der Waals surface area contributed by atoms with Gasteiger partial charge in [0.15, 0.2) is 5.11 Å². The van der Waals surface area contributed by atoms with E-state index >= 15 is 0 Å². The summed E-state index contributed by atoms with van der Waals surface area (Å²) in [6, 6.07) is 17.4. The van der Waals surface area contributed by atoms with Gasteiger partial charge < -0.3 is 15.4 Å². The normalized spacial score (nSPS) is 11.0. The number of thiocarbonyl (C=S) groups is 1. The Balaban J connectivity index is 1.74. The predicted molar refractivity (Wildman–Crippen MR) is 106 cm³/mol. The molecule has 0 saturated carbocycles. The first-order chi connectivity index (χ1) is 12.2. The van der Waals surface area contributed by atoms with Crippen LogP contribution in [0.2, 0.25) is 0 Å². The maximum atomic E-state index is 9.41. The second kappa shape index (κ2) is 7.75. The van der Waals surface area contributed by atoms with Gasteiger partial charge in [0, 0.05) is 6.20 Å². The molecule has 3 rings (SSSR count). The van der Waals surface area contributed by atoms with Gasteiger partial charge >= 0.3 is 0 Å². The Kier molecular flexibility index (Phi) is 5.23.